The van der Waals surface area contributed by atoms with E-state index in [0.717, 1.165) is 12.1 Å². The maximum atomic E-state index is 12.8. The van der Waals surface area contributed by atoms with E-state index in [1.165, 1.54) is 19.1 Å². The van der Waals surface area contributed by atoms with Crippen LogP contribution in [-0.2, 0) is 15.7 Å². The van der Waals surface area contributed by atoms with Gasteiger partial charge in [-0.2, -0.15) is 13.2 Å². The quantitative estimate of drug-likeness (QED) is 0.540. The molecule has 8 heteroatoms. The van der Waals surface area contributed by atoms with Gasteiger partial charge >= 0.3 is 12.1 Å². The van der Waals surface area contributed by atoms with Gasteiger partial charge in [0.05, 0.1) is 23.4 Å². The number of aromatic nitrogens is 1. The van der Waals surface area contributed by atoms with Crippen LogP contribution in [0.1, 0.15) is 29.8 Å². The lowest BCUT2D eigenvalue weighted by atomic mass is 10.1. The molecule has 5 nitrogen and oxygen atoms in total. The highest BCUT2D eigenvalue weighted by atomic mass is 19.4. The fourth-order valence-electron chi connectivity index (χ4n) is 2.97. The fourth-order valence-corrected chi connectivity index (χ4v) is 2.97. The van der Waals surface area contributed by atoms with E-state index in [1.54, 1.807) is 37.3 Å². The van der Waals surface area contributed by atoms with E-state index in [2.05, 4.69) is 10.3 Å². The SMILES string of the molecule is CCOC(=O)c1cc(-c2ccc(C(F)(F)F)cc2)[nH]c1-c1ccc(NC(C)=O)cc1. The molecule has 0 aliphatic heterocycles. The van der Waals surface area contributed by atoms with Crippen LogP contribution in [0.25, 0.3) is 22.5 Å². The number of aromatic amines is 1. The van der Waals surface area contributed by atoms with E-state index < -0.39 is 17.7 Å². The van der Waals surface area contributed by atoms with Crippen LogP contribution in [0.2, 0.25) is 0 Å². The second-order valence-corrected chi connectivity index (χ2v) is 6.53. The first kappa shape index (κ1) is 21.2. The smallest absolute Gasteiger partial charge is 0.416 e. The molecule has 0 unspecified atom stereocenters. The van der Waals surface area contributed by atoms with Crippen LogP contribution in [0, 0.1) is 0 Å². The van der Waals surface area contributed by atoms with Crippen molar-refractivity contribution < 1.29 is 27.5 Å². The van der Waals surface area contributed by atoms with Crippen LogP contribution < -0.4 is 5.32 Å². The zero-order valence-corrected chi connectivity index (χ0v) is 16.3. The van der Waals surface area contributed by atoms with Crippen molar-refractivity contribution in [3.8, 4) is 22.5 Å². The number of benzene rings is 2. The summed E-state index contributed by atoms with van der Waals surface area (Å²) in [6, 6.07) is 13.0. The van der Waals surface area contributed by atoms with Gasteiger partial charge in [0.15, 0.2) is 0 Å². The number of carbonyl (C=O) groups is 2. The van der Waals surface area contributed by atoms with Gasteiger partial charge in [-0.15, -0.1) is 0 Å². The molecule has 0 bridgehead atoms. The standard InChI is InChI=1S/C22H19F3N2O3/c1-3-30-21(29)18-12-19(14-4-8-16(9-5-14)22(23,24)25)27-20(18)15-6-10-17(11-7-15)26-13(2)28/h4-12,27H,3H2,1-2H3,(H,26,28). The predicted octanol–water partition coefficient (Wildman–Crippen LogP) is 5.50. The Labute approximate surface area is 170 Å². The van der Waals surface area contributed by atoms with Crippen LogP contribution >= 0.6 is 0 Å². The molecule has 0 aliphatic rings. The van der Waals surface area contributed by atoms with Gasteiger partial charge in [-0.3, -0.25) is 4.79 Å². The molecule has 1 heterocycles. The molecule has 0 saturated heterocycles. The molecular weight excluding hydrogens is 397 g/mol. The maximum absolute atomic E-state index is 12.8. The summed E-state index contributed by atoms with van der Waals surface area (Å²) in [6.45, 7) is 3.26. The zero-order valence-electron chi connectivity index (χ0n) is 16.3. The second kappa shape index (κ2) is 8.44. The number of H-pyrrole nitrogens is 1. The number of nitrogens with one attached hydrogen (secondary N) is 2. The van der Waals surface area contributed by atoms with Gasteiger partial charge in [-0.05, 0) is 48.4 Å². The van der Waals surface area contributed by atoms with E-state index >= 15 is 0 Å². The highest BCUT2D eigenvalue weighted by Crippen LogP contribution is 2.33. The molecule has 0 aliphatic carbocycles. The number of esters is 1. The molecule has 0 spiro atoms. The van der Waals surface area contributed by atoms with E-state index in [1.807, 2.05) is 0 Å². The molecule has 1 amide bonds. The number of amides is 1. The van der Waals surface area contributed by atoms with Crippen molar-refractivity contribution in [3.63, 3.8) is 0 Å². The Bertz CT molecular complexity index is 1050. The Hall–Kier alpha value is -3.55. The molecule has 2 aromatic carbocycles. The highest BCUT2D eigenvalue weighted by molar-refractivity contribution is 5.98. The van der Waals surface area contributed by atoms with Gasteiger partial charge in [-0.25, -0.2) is 4.79 Å². The largest absolute Gasteiger partial charge is 0.462 e. The molecule has 0 saturated carbocycles. The lowest BCUT2D eigenvalue weighted by Crippen LogP contribution is -2.06. The third-order valence-corrected chi connectivity index (χ3v) is 4.33. The average Bonchev–Trinajstić information content (AvgIpc) is 3.13. The Morgan fingerprint density at radius 3 is 2.13 bits per heavy atom. The lowest BCUT2D eigenvalue weighted by molar-refractivity contribution is -0.137. The maximum Gasteiger partial charge on any atom is 0.416 e. The predicted molar refractivity (Wildman–Crippen MR) is 107 cm³/mol. The fraction of sp³-hybridized carbons (Fsp3) is 0.182. The van der Waals surface area contributed by atoms with Gasteiger partial charge in [0.2, 0.25) is 5.91 Å². The molecule has 2 N–H and O–H groups in total. The molecule has 156 valence electrons. The van der Waals surface area contributed by atoms with E-state index in [0.29, 0.717) is 28.2 Å². The number of ether oxygens (including phenoxy) is 1. The molecule has 0 radical (unpaired) electrons. The minimum atomic E-state index is -4.43. The minimum absolute atomic E-state index is 0.181. The molecule has 30 heavy (non-hydrogen) atoms. The van der Waals surface area contributed by atoms with Crippen LogP contribution in [0.3, 0.4) is 0 Å². The zero-order chi connectivity index (χ0) is 21.9. The Balaban J connectivity index is 2.01. The second-order valence-electron chi connectivity index (χ2n) is 6.53. The molecule has 1 aromatic heterocycles. The summed E-state index contributed by atoms with van der Waals surface area (Å²) >= 11 is 0. The van der Waals surface area contributed by atoms with E-state index in [4.69, 9.17) is 4.74 Å². The summed E-state index contributed by atoms with van der Waals surface area (Å²) in [5.41, 5.74) is 2.21. The van der Waals surface area contributed by atoms with Crippen molar-refractivity contribution in [3.05, 3.63) is 65.7 Å². The molecule has 3 rings (SSSR count). The first-order valence-corrected chi connectivity index (χ1v) is 9.15. The highest BCUT2D eigenvalue weighted by Gasteiger charge is 2.30. The van der Waals surface area contributed by atoms with Crippen LogP contribution in [0.5, 0.6) is 0 Å². The minimum Gasteiger partial charge on any atom is -0.462 e. The lowest BCUT2D eigenvalue weighted by Gasteiger charge is -2.07. The van der Waals surface area contributed by atoms with Gasteiger partial charge in [0.1, 0.15) is 0 Å². The number of anilines is 1. The van der Waals surface area contributed by atoms with Crippen molar-refractivity contribution in [1.82, 2.24) is 4.98 Å². The summed E-state index contributed by atoms with van der Waals surface area (Å²) in [5, 5.41) is 2.66. The van der Waals surface area contributed by atoms with Crippen molar-refractivity contribution in [2.45, 2.75) is 20.0 Å². The summed E-state index contributed by atoms with van der Waals surface area (Å²) in [5.74, 6) is -0.757. The molecular formula is C22H19F3N2O3. The van der Waals surface area contributed by atoms with Gasteiger partial charge in [-0.1, -0.05) is 24.3 Å². The van der Waals surface area contributed by atoms with E-state index in [9.17, 15) is 22.8 Å². The monoisotopic (exact) mass is 416 g/mol. The summed E-state index contributed by atoms with van der Waals surface area (Å²) in [7, 11) is 0. The van der Waals surface area contributed by atoms with E-state index in [-0.39, 0.29) is 18.1 Å². The van der Waals surface area contributed by atoms with Crippen molar-refractivity contribution >= 4 is 17.6 Å². The number of rotatable bonds is 5. The normalized spacial score (nSPS) is 11.2. The van der Waals surface area contributed by atoms with Gasteiger partial charge < -0.3 is 15.0 Å². The third kappa shape index (κ3) is 4.71. The average molecular weight is 416 g/mol. The number of carbonyl (C=O) groups excluding carboxylic acids is 2. The number of halogens is 3. The first-order valence-electron chi connectivity index (χ1n) is 9.15. The van der Waals surface area contributed by atoms with Crippen LogP contribution in [-0.4, -0.2) is 23.5 Å². The Morgan fingerprint density at radius 1 is 1.00 bits per heavy atom. The Kier molecular flexibility index (Phi) is 5.96. The summed E-state index contributed by atoms with van der Waals surface area (Å²) in [6.07, 6.45) is -4.43. The number of hydrogen-bond donors (Lipinski definition) is 2. The van der Waals surface area contributed by atoms with Crippen LogP contribution in [0.4, 0.5) is 18.9 Å². The first-order chi connectivity index (χ1) is 14.2. The third-order valence-electron chi connectivity index (χ3n) is 4.33. The topological polar surface area (TPSA) is 71.2 Å². The molecule has 3 aromatic rings. The number of hydrogen-bond acceptors (Lipinski definition) is 3. The van der Waals surface area contributed by atoms with Crippen molar-refractivity contribution in [1.29, 1.82) is 0 Å². The summed E-state index contributed by atoms with van der Waals surface area (Å²) in [4.78, 5) is 26.7. The van der Waals surface area contributed by atoms with Gasteiger partial charge in [0, 0.05) is 18.3 Å². The van der Waals surface area contributed by atoms with Crippen molar-refractivity contribution in [2.24, 2.45) is 0 Å². The Morgan fingerprint density at radius 2 is 1.60 bits per heavy atom. The molecule has 0 fully saturated rings. The van der Waals surface area contributed by atoms with Crippen LogP contribution in [0.15, 0.2) is 54.6 Å². The number of alkyl halides is 3. The molecule has 0 atom stereocenters. The van der Waals surface area contributed by atoms with Gasteiger partial charge in [0.25, 0.3) is 0 Å². The summed E-state index contributed by atoms with van der Waals surface area (Å²) < 4.78 is 43.6. The van der Waals surface area contributed by atoms with Crippen molar-refractivity contribution in [2.75, 3.05) is 11.9 Å².